The zero-order valence-electron chi connectivity index (χ0n) is 5.62. The molecule has 0 heterocycles. The van der Waals surface area contributed by atoms with Crippen LogP contribution in [0.25, 0.3) is 0 Å². The molecule has 0 aromatic heterocycles. The van der Waals surface area contributed by atoms with Crippen LogP contribution >= 0.6 is 7.82 Å². The molecule has 0 bridgehead atoms. The minimum absolute atomic E-state index is 0. The van der Waals surface area contributed by atoms with Crippen molar-refractivity contribution in [2.45, 2.75) is 0 Å². The van der Waals surface area contributed by atoms with Gasteiger partial charge in [-0.15, -0.1) is 0 Å². The van der Waals surface area contributed by atoms with Crippen molar-refractivity contribution in [1.82, 2.24) is 6.15 Å². The Bertz CT molecular complexity index is 60.7. The van der Waals surface area contributed by atoms with Crippen LogP contribution in [-0.2, 0) is 34.1 Å². The fraction of sp³-hybridized carbons (Fsp3) is 0. The van der Waals surface area contributed by atoms with Gasteiger partial charge >= 0.3 is 7.82 Å². The van der Waals surface area contributed by atoms with Gasteiger partial charge in [0.2, 0.25) is 0 Å². The molecule has 0 atom stereocenters. The molecular weight excluding hydrogens is 240 g/mol. The maximum absolute atomic E-state index is 8.88. The summed E-state index contributed by atoms with van der Waals surface area (Å²) in [5.41, 5.74) is 0. The fourth-order valence-corrected chi connectivity index (χ4v) is 0. The maximum atomic E-state index is 8.88. The van der Waals surface area contributed by atoms with Crippen molar-refractivity contribution in [3.63, 3.8) is 0 Å². The summed E-state index contributed by atoms with van der Waals surface area (Å²) in [4.78, 5) is 21.6. The van der Waals surface area contributed by atoms with Crippen LogP contribution in [0, 0.1) is 0 Å². The van der Waals surface area contributed by atoms with Crippen molar-refractivity contribution in [2.75, 3.05) is 0 Å². The minimum Gasteiger partial charge on any atom is -2.00 e. The van der Waals surface area contributed by atoms with Gasteiger partial charge in [0.25, 0.3) is 0 Å². The van der Waals surface area contributed by atoms with Gasteiger partial charge in [-0.05, 0) is 0 Å². The zero-order valence-corrected chi connectivity index (χ0v) is 7.91. The molecule has 0 aliphatic heterocycles. The third kappa shape index (κ3) is 4530. The Morgan fingerprint density at radius 2 is 0.917 bits per heavy atom. The van der Waals surface area contributed by atoms with E-state index in [1.807, 2.05) is 0 Å². The van der Waals surface area contributed by atoms with Gasteiger partial charge in [-0.3, -0.25) is 0 Å². The Kier molecular flexibility index (Phi) is 206. The Hall–Kier alpha value is 0.454. The van der Waals surface area contributed by atoms with E-state index in [9.17, 15) is 0 Å². The minimum atomic E-state index is -4.64. The molecule has 1 radical (unpaired) electrons. The average Bonchev–Trinajstić information content (AvgIpc) is 0.722. The van der Waals surface area contributed by atoms with Crippen molar-refractivity contribution >= 4 is 7.82 Å². The Morgan fingerprint density at radius 3 is 0.917 bits per heavy atom. The molecule has 0 saturated carbocycles. The van der Waals surface area contributed by atoms with E-state index in [-0.39, 0.29) is 52.1 Å². The van der Waals surface area contributed by atoms with Gasteiger partial charge in [0, 0.05) is 18.6 Å². The molecule has 12 heavy (non-hydrogen) atoms. The van der Waals surface area contributed by atoms with E-state index < -0.39 is 7.82 Å². The first kappa shape index (κ1) is 82.4. The van der Waals surface area contributed by atoms with Crippen molar-refractivity contribution in [1.29, 1.82) is 0 Å². The van der Waals surface area contributed by atoms with Crippen LogP contribution < -0.4 is 6.15 Å². The fourth-order valence-electron chi connectivity index (χ4n) is 0. The van der Waals surface area contributed by atoms with Gasteiger partial charge in [0.15, 0.2) is 0 Å². The van der Waals surface area contributed by atoms with E-state index in [1.165, 1.54) is 0 Å². The Morgan fingerprint density at radius 1 is 0.917 bits per heavy atom. The first-order chi connectivity index (χ1) is 2.00. The molecule has 0 aliphatic carbocycles. The monoisotopic (exact) mass is 251 g/mol. The topological polar surface area (TPSA) is 263 Å². The number of phosphoric acid groups is 1. The molecule has 0 rings (SSSR count). The molecule has 0 aliphatic rings. The van der Waals surface area contributed by atoms with E-state index in [1.54, 1.807) is 0 Å². The van der Waals surface area contributed by atoms with Crippen LogP contribution in [-0.4, -0.2) is 31.1 Å². The second-order valence-electron chi connectivity index (χ2n) is 0.513. The molecule has 0 unspecified atom stereocenters. The van der Waals surface area contributed by atoms with Gasteiger partial charge in [-0.1, -0.05) is 0 Å². The van der Waals surface area contributed by atoms with Gasteiger partial charge in [-0.25, -0.2) is 4.57 Å². The standard InChI is InChI=1S/H3N.H3O4P.3H2O.2O.V/c;1-5(2,3)4;;;;;;/h1H3;(H3,1,2,3,4);3*1H2;;;/q;;;;;2*-2;/p-1. The van der Waals surface area contributed by atoms with Gasteiger partial charge in [0.1, 0.15) is 0 Å². The summed E-state index contributed by atoms with van der Waals surface area (Å²) in [6, 6.07) is 0. The predicted octanol–water partition coefficient (Wildman–Crippen LogP) is -2.83. The molecule has 0 fully saturated rings. The molecular formula is H11NO9PV-5. The summed E-state index contributed by atoms with van der Waals surface area (Å²) < 4.78 is 8.88. The molecule has 10 nitrogen and oxygen atoms in total. The van der Waals surface area contributed by atoms with E-state index >= 15 is 0 Å². The number of rotatable bonds is 0. The van der Waals surface area contributed by atoms with Crippen molar-refractivity contribution in [3.8, 4) is 0 Å². The first-order valence-corrected chi connectivity index (χ1v) is 2.35. The first-order valence-electron chi connectivity index (χ1n) is 0.783. The van der Waals surface area contributed by atoms with Crippen LogP contribution in [0.15, 0.2) is 0 Å². The summed E-state index contributed by atoms with van der Waals surface area (Å²) in [6.45, 7) is 0. The number of hydrogen-bond acceptors (Lipinski definition) is 3. The zero-order chi connectivity index (χ0) is 4.50. The van der Waals surface area contributed by atoms with E-state index in [2.05, 4.69) is 0 Å². The normalized spacial score (nSPS) is 4.92. The summed E-state index contributed by atoms with van der Waals surface area (Å²) in [6.07, 6.45) is 0. The molecule has 85 valence electrons. The van der Waals surface area contributed by atoms with E-state index in [0.717, 1.165) is 0 Å². The molecule has 0 amide bonds. The van der Waals surface area contributed by atoms with Crippen molar-refractivity contribution in [3.05, 3.63) is 0 Å². The van der Waals surface area contributed by atoms with Gasteiger partial charge in [0.05, 0.1) is 0 Å². The summed E-state index contributed by atoms with van der Waals surface area (Å²) in [5.74, 6) is 0. The summed E-state index contributed by atoms with van der Waals surface area (Å²) >= 11 is 0. The molecule has 12 heteroatoms. The molecule has 11 N–H and O–H groups in total. The summed E-state index contributed by atoms with van der Waals surface area (Å²) in [7, 11) is -4.64. The van der Waals surface area contributed by atoms with Gasteiger partial charge < -0.3 is 48.2 Å². The van der Waals surface area contributed by atoms with Crippen LogP contribution in [0.2, 0.25) is 0 Å². The smallest absolute Gasteiger partial charge is 0.466 e. The second-order valence-corrected chi connectivity index (χ2v) is 1.54. The Labute approximate surface area is 79.9 Å². The SMILES string of the molecule is N.O.O.O=P(O)(O)O.[O-2].[O-2].[OH-].[V]. The number of hydrogen-bond donors (Lipinski definition) is 4. The third-order valence-electron chi connectivity index (χ3n) is 0. The van der Waals surface area contributed by atoms with E-state index in [0.29, 0.717) is 0 Å². The third-order valence-corrected chi connectivity index (χ3v) is 0. The summed E-state index contributed by atoms with van der Waals surface area (Å²) in [5, 5.41) is 0. The van der Waals surface area contributed by atoms with Gasteiger partial charge in [-0.2, -0.15) is 0 Å². The molecule has 0 spiro atoms. The van der Waals surface area contributed by atoms with Crippen LogP contribution in [0.5, 0.6) is 0 Å². The molecule has 0 saturated heterocycles. The molecule has 0 aromatic carbocycles. The average molecular weight is 251 g/mol. The maximum Gasteiger partial charge on any atom is 0.466 e. The van der Waals surface area contributed by atoms with Crippen molar-refractivity contribution < 1.29 is 65.2 Å². The van der Waals surface area contributed by atoms with E-state index in [4.69, 9.17) is 19.2 Å². The largest absolute Gasteiger partial charge is 2.00 e. The van der Waals surface area contributed by atoms with Crippen LogP contribution in [0.4, 0.5) is 0 Å². The van der Waals surface area contributed by atoms with Crippen molar-refractivity contribution in [2.24, 2.45) is 0 Å². The van der Waals surface area contributed by atoms with Crippen LogP contribution in [0.1, 0.15) is 0 Å². The Balaban J connectivity index is -0.00000000381. The second kappa shape index (κ2) is 30.1. The van der Waals surface area contributed by atoms with Crippen LogP contribution in [0.3, 0.4) is 0 Å². The predicted molar refractivity (Wildman–Crippen MR) is 29.8 cm³/mol. The molecule has 0 aromatic rings. The quantitative estimate of drug-likeness (QED) is 0.329.